The van der Waals surface area contributed by atoms with Gasteiger partial charge in [-0.2, -0.15) is 0 Å². The van der Waals surface area contributed by atoms with Gasteiger partial charge in [-0.25, -0.2) is 0 Å². The molecule has 2 aliphatic rings. The van der Waals surface area contributed by atoms with Gasteiger partial charge in [0.1, 0.15) is 0 Å². The molecule has 116 valence electrons. The minimum absolute atomic E-state index is 0.118. The maximum absolute atomic E-state index is 10.3. The lowest BCUT2D eigenvalue weighted by Crippen LogP contribution is -2.46. The summed E-state index contributed by atoms with van der Waals surface area (Å²) in [6, 6.07) is 5.60. The maximum Gasteiger partial charge on any atom is 0.160 e. The number of methoxy groups -OCH3 is 1. The van der Waals surface area contributed by atoms with Crippen LogP contribution in [0.4, 0.5) is 0 Å². The molecule has 4 nitrogen and oxygen atoms in total. The lowest BCUT2D eigenvalue weighted by atomic mass is 9.76. The highest BCUT2D eigenvalue weighted by Crippen LogP contribution is 2.45. The van der Waals surface area contributed by atoms with E-state index in [2.05, 4.69) is 4.90 Å². The molecule has 1 aromatic rings. The number of rotatable bonds is 3. The predicted octanol–water partition coefficient (Wildman–Crippen LogP) is 2.53. The van der Waals surface area contributed by atoms with E-state index in [1.807, 2.05) is 12.1 Å². The summed E-state index contributed by atoms with van der Waals surface area (Å²) in [6.07, 6.45) is 5.43. The summed E-state index contributed by atoms with van der Waals surface area (Å²) in [5, 5.41) is 20.2. The lowest BCUT2D eigenvalue weighted by Gasteiger charge is -2.42. The Balaban J connectivity index is 1.69. The molecule has 3 rings (SSSR count). The molecule has 0 amide bonds. The van der Waals surface area contributed by atoms with Crippen LogP contribution in [0.1, 0.15) is 37.7 Å². The Labute approximate surface area is 126 Å². The number of aliphatic hydroxyl groups is 1. The molecule has 1 aromatic carbocycles. The quantitative estimate of drug-likeness (QED) is 0.898. The summed E-state index contributed by atoms with van der Waals surface area (Å²) in [6.45, 7) is 2.87. The number of aromatic hydroxyl groups is 1. The first kappa shape index (κ1) is 14.7. The van der Waals surface area contributed by atoms with Crippen LogP contribution >= 0.6 is 0 Å². The van der Waals surface area contributed by atoms with E-state index in [9.17, 15) is 10.2 Å². The predicted molar refractivity (Wildman–Crippen MR) is 81.5 cm³/mol. The molecule has 1 heterocycles. The van der Waals surface area contributed by atoms with Gasteiger partial charge in [-0.05, 0) is 49.9 Å². The van der Waals surface area contributed by atoms with E-state index in [1.165, 1.54) is 0 Å². The average Bonchev–Trinajstić information content (AvgIpc) is 2.80. The Bertz CT molecular complexity index is 505. The van der Waals surface area contributed by atoms with Gasteiger partial charge in [-0.3, -0.25) is 4.90 Å². The molecule has 1 aliphatic heterocycles. The monoisotopic (exact) mass is 291 g/mol. The summed E-state index contributed by atoms with van der Waals surface area (Å²) in [7, 11) is 1.56. The number of likely N-dealkylation sites (tertiary alicyclic amines) is 1. The largest absolute Gasteiger partial charge is 0.504 e. The Hall–Kier alpha value is -1.26. The number of phenolic OH excluding ortho intramolecular Hbond substituents is 1. The molecule has 1 spiro atoms. The van der Waals surface area contributed by atoms with Crippen LogP contribution in [0.5, 0.6) is 11.5 Å². The molecule has 0 aromatic heterocycles. The van der Waals surface area contributed by atoms with Crippen LogP contribution in [0.3, 0.4) is 0 Å². The molecule has 0 bridgehead atoms. The average molecular weight is 291 g/mol. The van der Waals surface area contributed by atoms with E-state index in [0.717, 1.165) is 57.3 Å². The smallest absolute Gasteiger partial charge is 0.160 e. The van der Waals surface area contributed by atoms with Crippen molar-refractivity contribution < 1.29 is 14.9 Å². The summed E-state index contributed by atoms with van der Waals surface area (Å²) >= 11 is 0. The highest BCUT2D eigenvalue weighted by Gasteiger charge is 2.44. The second-order valence-electron chi connectivity index (χ2n) is 6.59. The third-order valence-corrected chi connectivity index (χ3v) is 5.20. The maximum atomic E-state index is 10.3. The van der Waals surface area contributed by atoms with Gasteiger partial charge in [-0.15, -0.1) is 0 Å². The number of nitrogens with zero attached hydrogens (tertiary/aromatic N) is 1. The van der Waals surface area contributed by atoms with Crippen molar-refractivity contribution in [2.24, 2.45) is 5.41 Å². The van der Waals surface area contributed by atoms with Gasteiger partial charge in [0, 0.05) is 18.5 Å². The molecule has 1 aliphatic carbocycles. The van der Waals surface area contributed by atoms with Crippen molar-refractivity contribution in [2.75, 3.05) is 20.2 Å². The van der Waals surface area contributed by atoms with E-state index in [-0.39, 0.29) is 17.3 Å². The van der Waals surface area contributed by atoms with Crippen molar-refractivity contribution >= 4 is 0 Å². The Morgan fingerprint density at radius 2 is 2.14 bits per heavy atom. The van der Waals surface area contributed by atoms with Crippen molar-refractivity contribution in [3.05, 3.63) is 23.8 Å². The molecule has 0 radical (unpaired) electrons. The van der Waals surface area contributed by atoms with Crippen molar-refractivity contribution in [3.8, 4) is 11.5 Å². The van der Waals surface area contributed by atoms with Gasteiger partial charge in [0.25, 0.3) is 0 Å². The zero-order chi connectivity index (χ0) is 14.9. The van der Waals surface area contributed by atoms with Crippen LogP contribution in [0.15, 0.2) is 18.2 Å². The van der Waals surface area contributed by atoms with Gasteiger partial charge < -0.3 is 14.9 Å². The molecule has 2 fully saturated rings. The van der Waals surface area contributed by atoms with Gasteiger partial charge in [-0.1, -0.05) is 12.5 Å². The molecule has 0 unspecified atom stereocenters. The third kappa shape index (κ3) is 2.87. The first-order chi connectivity index (χ1) is 10.1. The standard InChI is InChI=1S/C17H25NO3/c1-21-15-6-5-13(10-14(15)19)11-18-9-3-8-17(12-18)7-2-4-16(17)20/h5-6,10,16,19-20H,2-4,7-9,11-12H2,1H3/t16-,17+/m1/s1. The topological polar surface area (TPSA) is 52.9 Å². The fourth-order valence-corrected chi connectivity index (χ4v) is 4.08. The van der Waals surface area contributed by atoms with Gasteiger partial charge in [0.15, 0.2) is 11.5 Å². The van der Waals surface area contributed by atoms with Crippen LogP contribution < -0.4 is 4.74 Å². The first-order valence-electron chi connectivity index (χ1n) is 7.89. The number of piperidine rings is 1. The SMILES string of the molecule is COc1ccc(CN2CCC[C@@]3(CCC[C@H]3O)C2)cc1O. The van der Waals surface area contributed by atoms with Crippen LogP contribution in [-0.4, -0.2) is 41.4 Å². The third-order valence-electron chi connectivity index (χ3n) is 5.20. The Morgan fingerprint density at radius 3 is 2.81 bits per heavy atom. The molecule has 2 N–H and O–H groups in total. The van der Waals surface area contributed by atoms with Crippen molar-refractivity contribution in [2.45, 2.75) is 44.8 Å². The van der Waals surface area contributed by atoms with Crippen molar-refractivity contribution in [1.82, 2.24) is 4.90 Å². The normalized spacial score (nSPS) is 29.9. The molecule has 1 saturated heterocycles. The molecular formula is C17H25NO3. The highest BCUT2D eigenvalue weighted by molar-refractivity contribution is 5.41. The van der Waals surface area contributed by atoms with Crippen molar-refractivity contribution in [1.29, 1.82) is 0 Å². The summed E-state index contributed by atoms with van der Waals surface area (Å²) in [5.74, 6) is 0.711. The number of benzene rings is 1. The minimum Gasteiger partial charge on any atom is -0.504 e. The lowest BCUT2D eigenvalue weighted by molar-refractivity contribution is -0.0120. The Morgan fingerprint density at radius 1 is 1.33 bits per heavy atom. The molecule has 2 atom stereocenters. The van der Waals surface area contributed by atoms with Gasteiger partial charge >= 0.3 is 0 Å². The minimum atomic E-state index is -0.135. The fourth-order valence-electron chi connectivity index (χ4n) is 4.08. The van der Waals surface area contributed by atoms with E-state index < -0.39 is 0 Å². The number of hydrogen-bond donors (Lipinski definition) is 2. The second-order valence-corrected chi connectivity index (χ2v) is 6.59. The number of aliphatic hydroxyl groups excluding tert-OH is 1. The summed E-state index contributed by atoms with van der Waals surface area (Å²) < 4.78 is 5.08. The molecule has 21 heavy (non-hydrogen) atoms. The van der Waals surface area contributed by atoms with E-state index in [1.54, 1.807) is 13.2 Å². The van der Waals surface area contributed by atoms with Crippen LogP contribution in [0.2, 0.25) is 0 Å². The second kappa shape index (κ2) is 5.85. The summed E-state index contributed by atoms with van der Waals surface area (Å²) in [5.41, 5.74) is 1.21. The number of hydrogen-bond acceptors (Lipinski definition) is 4. The fraction of sp³-hybridized carbons (Fsp3) is 0.647. The van der Waals surface area contributed by atoms with E-state index >= 15 is 0 Å². The first-order valence-corrected chi connectivity index (χ1v) is 7.89. The zero-order valence-electron chi connectivity index (χ0n) is 12.7. The van der Waals surface area contributed by atoms with Gasteiger partial charge in [0.2, 0.25) is 0 Å². The van der Waals surface area contributed by atoms with Crippen LogP contribution in [0, 0.1) is 5.41 Å². The summed E-state index contributed by atoms with van der Waals surface area (Å²) in [4.78, 5) is 2.42. The van der Waals surface area contributed by atoms with Crippen LogP contribution in [-0.2, 0) is 6.54 Å². The highest BCUT2D eigenvalue weighted by atomic mass is 16.5. The van der Waals surface area contributed by atoms with Crippen molar-refractivity contribution in [3.63, 3.8) is 0 Å². The molecular weight excluding hydrogens is 266 g/mol. The number of ether oxygens (including phenoxy) is 1. The van der Waals surface area contributed by atoms with Gasteiger partial charge in [0.05, 0.1) is 13.2 Å². The number of phenols is 1. The van der Waals surface area contributed by atoms with Crippen LogP contribution in [0.25, 0.3) is 0 Å². The molecule has 1 saturated carbocycles. The molecule has 4 heteroatoms. The van der Waals surface area contributed by atoms with E-state index in [4.69, 9.17) is 4.74 Å². The van der Waals surface area contributed by atoms with E-state index in [0.29, 0.717) is 5.75 Å². The zero-order valence-corrected chi connectivity index (χ0v) is 12.7. The Kier molecular flexibility index (Phi) is 4.09.